The van der Waals surface area contributed by atoms with Gasteiger partial charge in [-0.3, -0.25) is 0 Å². The largest absolute Gasteiger partial charge is 0.506 e. The first kappa shape index (κ1) is 19.6. The zero-order chi connectivity index (χ0) is 19.1. The van der Waals surface area contributed by atoms with Gasteiger partial charge in [0, 0.05) is 11.1 Å². The topological polar surface area (TPSA) is 56.4 Å². The minimum Gasteiger partial charge on any atom is -0.506 e. The lowest BCUT2D eigenvalue weighted by atomic mass is 9.72. The number of nitrogens with zero attached hydrogens (tertiary/aromatic N) is 2. The number of fused-ring (bicyclic) bond motifs is 1. The highest BCUT2D eigenvalue weighted by molar-refractivity contribution is 9.11. The molecular formula is C20H20Br2N2OS. The number of hydrogen-bond acceptors (Lipinski definition) is 4. The molecule has 1 aromatic carbocycles. The van der Waals surface area contributed by atoms with E-state index in [9.17, 15) is 10.4 Å². The fourth-order valence-electron chi connectivity index (χ4n) is 3.31. The highest BCUT2D eigenvalue weighted by atomic mass is 79.9. The maximum atomic E-state index is 9.82. The molecule has 0 unspecified atom stereocenters. The van der Waals surface area contributed by atoms with Gasteiger partial charge in [-0.05, 0) is 85.7 Å². The third kappa shape index (κ3) is 3.90. The number of aliphatic imine (C=N–C) groups is 1. The van der Waals surface area contributed by atoms with Gasteiger partial charge in [0.25, 0.3) is 0 Å². The number of phenolic OH excluding ortho intramolecular Hbond substituents is 1. The molecule has 6 heteroatoms. The van der Waals surface area contributed by atoms with E-state index in [2.05, 4.69) is 63.7 Å². The Morgan fingerprint density at radius 1 is 1.31 bits per heavy atom. The fourth-order valence-corrected chi connectivity index (χ4v) is 5.75. The van der Waals surface area contributed by atoms with Crippen LogP contribution in [0, 0.1) is 22.7 Å². The molecule has 136 valence electrons. The summed E-state index contributed by atoms with van der Waals surface area (Å²) >= 11 is 8.31. The third-order valence-corrected chi connectivity index (χ3v) is 7.32. The number of hydrogen-bond donors (Lipinski definition) is 1. The van der Waals surface area contributed by atoms with E-state index < -0.39 is 0 Å². The molecule has 1 N–H and O–H groups in total. The molecule has 0 bridgehead atoms. The summed E-state index contributed by atoms with van der Waals surface area (Å²) in [5, 5.41) is 20.3. The summed E-state index contributed by atoms with van der Waals surface area (Å²) in [5.41, 5.74) is 3.05. The molecule has 3 rings (SSSR count). The van der Waals surface area contributed by atoms with Crippen molar-refractivity contribution in [2.45, 2.75) is 40.0 Å². The van der Waals surface area contributed by atoms with Crippen LogP contribution in [0.5, 0.6) is 5.75 Å². The minimum atomic E-state index is 0.166. The van der Waals surface area contributed by atoms with Crippen LogP contribution in [0.4, 0.5) is 5.00 Å². The average molecular weight is 496 g/mol. The number of halogens is 2. The van der Waals surface area contributed by atoms with Crippen LogP contribution in [-0.4, -0.2) is 11.3 Å². The van der Waals surface area contributed by atoms with Crippen LogP contribution < -0.4 is 0 Å². The molecule has 3 nitrogen and oxygen atoms in total. The normalized spacial score (nSPS) is 17.3. The van der Waals surface area contributed by atoms with Gasteiger partial charge < -0.3 is 5.11 Å². The van der Waals surface area contributed by atoms with Crippen molar-refractivity contribution in [3.63, 3.8) is 0 Å². The summed E-state index contributed by atoms with van der Waals surface area (Å²) in [5.74, 6) is 0.806. The van der Waals surface area contributed by atoms with Gasteiger partial charge in [-0.15, -0.1) is 11.3 Å². The SMILES string of the molecule is CC(C)(C)[C@@H]1CCc2c(sc(N=Cc3cc(Br)c(O)c(Br)c3)c2C#N)C1. The van der Waals surface area contributed by atoms with E-state index in [1.807, 2.05) is 0 Å². The summed E-state index contributed by atoms with van der Waals surface area (Å²) in [6.45, 7) is 6.88. The Morgan fingerprint density at radius 2 is 1.96 bits per heavy atom. The van der Waals surface area contributed by atoms with Gasteiger partial charge in [0.2, 0.25) is 0 Å². The number of benzene rings is 1. The van der Waals surface area contributed by atoms with Crippen LogP contribution >= 0.6 is 43.2 Å². The van der Waals surface area contributed by atoms with Gasteiger partial charge in [0.05, 0.1) is 14.5 Å². The zero-order valence-corrected chi connectivity index (χ0v) is 18.9. The van der Waals surface area contributed by atoms with E-state index in [0.717, 1.165) is 35.4 Å². The molecule has 1 heterocycles. The first-order chi connectivity index (χ1) is 12.2. The molecule has 0 saturated carbocycles. The second-order valence-electron chi connectivity index (χ2n) is 7.69. The molecule has 0 spiro atoms. The zero-order valence-electron chi connectivity index (χ0n) is 14.9. The van der Waals surface area contributed by atoms with Crippen molar-refractivity contribution in [2.75, 3.05) is 0 Å². The van der Waals surface area contributed by atoms with Crippen LogP contribution in [0.2, 0.25) is 0 Å². The van der Waals surface area contributed by atoms with Crippen molar-refractivity contribution in [1.82, 2.24) is 0 Å². The van der Waals surface area contributed by atoms with Crippen molar-refractivity contribution in [1.29, 1.82) is 5.26 Å². The third-order valence-electron chi connectivity index (χ3n) is 4.95. The molecule has 1 atom stereocenters. The van der Waals surface area contributed by atoms with E-state index in [1.54, 1.807) is 29.7 Å². The molecule has 0 radical (unpaired) electrons. The lowest BCUT2D eigenvalue weighted by Gasteiger charge is -2.33. The Balaban J connectivity index is 1.93. The first-order valence-electron chi connectivity index (χ1n) is 8.47. The molecule has 26 heavy (non-hydrogen) atoms. The van der Waals surface area contributed by atoms with Gasteiger partial charge in [0.15, 0.2) is 0 Å². The van der Waals surface area contributed by atoms with Gasteiger partial charge in [0.1, 0.15) is 16.8 Å². The molecular weight excluding hydrogens is 476 g/mol. The maximum absolute atomic E-state index is 9.82. The smallest absolute Gasteiger partial charge is 0.143 e. The molecule has 0 fully saturated rings. The first-order valence-corrected chi connectivity index (χ1v) is 10.9. The summed E-state index contributed by atoms with van der Waals surface area (Å²) in [6.07, 6.45) is 4.86. The number of aromatic hydroxyl groups is 1. The number of rotatable bonds is 2. The summed E-state index contributed by atoms with van der Waals surface area (Å²) in [7, 11) is 0. The maximum Gasteiger partial charge on any atom is 0.143 e. The quantitative estimate of drug-likeness (QED) is 0.468. The van der Waals surface area contributed by atoms with Crippen LogP contribution in [-0.2, 0) is 12.8 Å². The van der Waals surface area contributed by atoms with Gasteiger partial charge in [-0.2, -0.15) is 5.26 Å². The second-order valence-corrected chi connectivity index (χ2v) is 10.5. The number of phenols is 1. The van der Waals surface area contributed by atoms with E-state index in [4.69, 9.17) is 0 Å². The summed E-state index contributed by atoms with van der Waals surface area (Å²) < 4.78 is 1.21. The van der Waals surface area contributed by atoms with E-state index in [0.29, 0.717) is 14.9 Å². The average Bonchev–Trinajstić information content (AvgIpc) is 2.93. The lowest BCUT2D eigenvalue weighted by Crippen LogP contribution is -2.26. The van der Waals surface area contributed by atoms with Crippen LogP contribution in [0.15, 0.2) is 26.1 Å². The molecule has 0 amide bonds. The fraction of sp³-hybridized carbons (Fsp3) is 0.400. The highest BCUT2D eigenvalue weighted by Gasteiger charge is 2.32. The van der Waals surface area contributed by atoms with Crippen LogP contribution in [0.1, 0.15) is 48.8 Å². The molecule has 2 aromatic rings. The van der Waals surface area contributed by atoms with Crippen molar-refractivity contribution >= 4 is 54.4 Å². The lowest BCUT2D eigenvalue weighted by molar-refractivity contribution is 0.218. The van der Waals surface area contributed by atoms with E-state index in [-0.39, 0.29) is 11.2 Å². The molecule has 0 aliphatic heterocycles. The van der Waals surface area contributed by atoms with Crippen molar-refractivity contribution in [3.05, 3.63) is 42.6 Å². The number of nitriles is 1. The predicted octanol–water partition coefficient (Wildman–Crippen LogP) is 6.75. The molecule has 1 aliphatic carbocycles. The van der Waals surface area contributed by atoms with Crippen molar-refractivity contribution < 1.29 is 5.11 Å². The van der Waals surface area contributed by atoms with Gasteiger partial charge >= 0.3 is 0 Å². The van der Waals surface area contributed by atoms with E-state index >= 15 is 0 Å². The van der Waals surface area contributed by atoms with Gasteiger partial charge in [-0.25, -0.2) is 4.99 Å². The molecule has 1 aliphatic rings. The highest BCUT2D eigenvalue weighted by Crippen LogP contribution is 2.45. The van der Waals surface area contributed by atoms with Crippen LogP contribution in [0.25, 0.3) is 0 Å². The minimum absolute atomic E-state index is 0.166. The number of thiophene rings is 1. The van der Waals surface area contributed by atoms with Gasteiger partial charge in [-0.1, -0.05) is 20.8 Å². The summed E-state index contributed by atoms with van der Waals surface area (Å²) in [4.78, 5) is 5.91. The second kappa shape index (κ2) is 7.46. The monoisotopic (exact) mass is 494 g/mol. The standard InChI is InChI=1S/C20H20Br2N2OS/c1-20(2,3)12-4-5-13-14(9-23)19(26-17(13)8-12)24-10-11-6-15(21)18(25)16(22)7-11/h6-7,10,12,25H,4-5,8H2,1-3H3/t12-/m1/s1. The van der Waals surface area contributed by atoms with E-state index in [1.165, 1.54) is 10.4 Å². The van der Waals surface area contributed by atoms with Crippen LogP contribution in [0.3, 0.4) is 0 Å². The molecule has 0 saturated heterocycles. The van der Waals surface area contributed by atoms with Crippen molar-refractivity contribution in [3.8, 4) is 11.8 Å². The Morgan fingerprint density at radius 3 is 2.54 bits per heavy atom. The Kier molecular flexibility index (Phi) is 5.62. The Hall–Kier alpha value is -1.16. The van der Waals surface area contributed by atoms with Crippen molar-refractivity contribution in [2.24, 2.45) is 16.3 Å². The summed E-state index contributed by atoms with van der Waals surface area (Å²) in [6, 6.07) is 5.97. The predicted molar refractivity (Wildman–Crippen MR) is 115 cm³/mol. The Bertz CT molecular complexity index is 896. The Labute approximate surface area is 175 Å². The molecule has 1 aromatic heterocycles.